The standard InChI is InChI=1S/C61H96O29/c1-12-59(10,90-25(3)65)54(79)89-48-47(76)61(23-81-24(2)64)27(19-55(48,4)5)26-13-14-32-57(8)17-16-33(56(6,7)31(57)15-18-58(32,9)60(26,11)45(74)46(61)75)84-53-44(88-52-40(73)37(70)35(68)29(20-62)82-52)42(85-50-38(71)34(67)28(66)22-80-50)41(43(87-53)49(77)78)86-51-39(72)36(69)30(21-63)83-51/h13,27-48,50-53,62-63,66-76H,12,14-23H2,1-11H3,(H,77,78)/t27-,28-,29+,30-,31-,32+,33-,34-,35+,36-,37-,38+,39+,40+,41-,42-,43-,44+,45-,46+,47-,48-,50-,51-,52-,53+,57-,58+,59-,60-,61-/m0/s1. The number of aliphatic carboxylic acids is 1. The van der Waals surface area contributed by atoms with E-state index in [9.17, 15) is 90.7 Å². The van der Waals surface area contributed by atoms with Crippen LogP contribution < -0.4 is 0 Å². The summed E-state index contributed by atoms with van der Waals surface area (Å²) in [4.78, 5) is 52.5. The molecule has 0 radical (unpaired) electrons. The highest BCUT2D eigenvalue weighted by atomic mass is 16.8. The Morgan fingerprint density at radius 3 is 1.80 bits per heavy atom. The molecule has 5 aliphatic carbocycles. The fourth-order valence-electron chi connectivity index (χ4n) is 17.6. The van der Waals surface area contributed by atoms with Crippen molar-refractivity contribution in [2.75, 3.05) is 26.4 Å². The van der Waals surface area contributed by atoms with E-state index in [1.165, 1.54) is 13.8 Å². The van der Waals surface area contributed by atoms with Crippen molar-refractivity contribution < 1.29 is 143 Å². The third-order valence-corrected chi connectivity index (χ3v) is 23.1. The third kappa shape index (κ3) is 11.6. The van der Waals surface area contributed by atoms with E-state index in [0.29, 0.717) is 25.7 Å². The Balaban J connectivity index is 1.07. The summed E-state index contributed by atoms with van der Waals surface area (Å²) in [5.74, 6) is -5.38. The van der Waals surface area contributed by atoms with Gasteiger partial charge in [-0.3, -0.25) is 9.59 Å². The Morgan fingerprint density at radius 2 is 1.22 bits per heavy atom. The van der Waals surface area contributed by atoms with E-state index in [1.54, 1.807) is 6.92 Å². The van der Waals surface area contributed by atoms with Crippen molar-refractivity contribution in [3.8, 4) is 0 Å². The highest BCUT2D eigenvalue weighted by Gasteiger charge is 2.76. The summed E-state index contributed by atoms with van der Waals surface area (Å²) in [7, 11) is 0. The summed E-state index contributed by atoms with van der Waals surface area (Å²) >= 11 is 0. The average Bonchev–Trinajstić information content (AvgIpc) is 0.711. The summed E-state index contributed by atoms with van der Waals surface area (Å²) in [5.41, 5.74) is -7.41. The van der Waals surface area contributed by atoms with Gasteiger partial charge in [0.25, 0.3) is 0 Å². The molecule has 4 aliphatic heterocycles. The van der Waals surface area contributed by atoms with E-state index in [-0.39, 0.29) is 31.1 Å². The summed E-state index contributed by atoms with van der Waals surface area (Å²) < 4.78 is 66.5. The number of carbonyl (C=O) groups excluding carboxylic acids is 3. The Morgan fingerprint density at radius 1 is 0.644 bits per heavy atom. The fourth-order valence-corrected chi connectivity index (χ4v) is 17.6. The lowest BCUT2D eigenvalue weighted by molar-refractivity contribution is -0.401. The van der Waals surface area contributed by atoms with Gasteiger partial charge in [0, 0.05) is 24.7 Å². The molecule has 0 amide bonds. The molecule has 4 saturated carbocycles. The number of hydrogen-bond donors (Lipinski definition) is 14. The Hall–Kier alpha value is -3.22. The third-order valence-electron chi connectivity index (χ3n) is 23.1. The van der Waals surface area contributed by atoms with Gasteiger partial charge in [0.05, 0.1) is 43.5 Å². The Labute approximate surface area is 521 Å². The molecule has 0 unspecified atom stereocenters. The molecule has 514 valence electrons. The van der Waals surface area contributed by atoms with Crippen LogP contribution in [0.3, 0.4) is 0 Å². The molecule has 29 heteroatoms. The number of allylic oxidation sites excluding steroid dienone is 1. The number of aliphatic hydroxyl groups is 13. The second kappa shape index (κ2) is 25.7. The van der Waals surface area contributed by atoms with Crippen molar-refractivity contribution >= 4 is 23.9 Å². The molecule has 0 spiro atoms. The maximum Gasteiger partial charge on any atom is 0.350 e. The number of fused-ring (bicyclic) bond motifs is 7. The van der Waals surface area contributed by atoms with Gasteiger partial charge in [-0.05, 0) is 85.9 Å². The van der Waals surface area contributed by atoms with Crippen molar-refractivity contribution in [1.29, 1.82) is 0 Å². The molecule has 0 bridgehead atoms. The molecule has 8 fully saturated rings. The molecule has 4 heterocycles. The fraction of sp³-hybridized carbons (Fsp3) is 0.902. The van der Waals surface area contributed by atoms with Crippen LogP contribution in [0.2, 0.25) is 0 Å². The molecular weight excluding hydrogens is 1200 g/mol. The number of carbonyl (C=O) groups is 4. The molecule has 9 rings (SSSR count). The van der Waals surface area contributed by atoms with Crippen molar-refractivity contribution in [3.63, 3.8) is 0 Å². The monoisotopic (exact) mass is 1290 g/mol. The molecule has 0 aromatic rings. The van der Waals surface area contributed by atoms with Gasteiger partial charge in [-0.25, -0.2) is 9.59 Å². The normalized spacial score (nSPS) is 49.5. The molecule has 4 saturated heterocycles. The zero-order chi connectivity index (χ0) is 66.7. The molecule has 0 aromatic carbocycles. The summed E-state index contributed by atoms with van der Waals surface area (Å²) in [6, 6.07) is 0. The molecule has 90 heavy (non-hydrogen) atoms. The SMILES string of the molecule is CC[C@](C)(OC(C)=O)C(=O)O[C@H]1[C@H](O)[C@]2(COC(C)=O)[C@H](O)[C@H](O)[C@]3(C)C(=CC[C@@H]4[C@@]5(C)CC[C@H](O[C@@H]6O[C@H](C(=O)O)[C@@H](O[C@@H]7O[C@@H](CO)[C@H](O)[C@H]7O)[C@H](O[C@@H]7OC[C@H](O)[C@H](O)[C@H]7O)[C@H]6O[C@@H]6O[C@H](CO)[C@@H](O)[C@H](O)[C@H]6O)C(C)(C)[C@@H]5CC[C@]43C)[C@@H]2CC1(C)C. The Bertz CT molecular complexity index is 2640. The number of hydrogen-bond acceptors (Lipinski definition) is 28. The number of carboxylic acid groups (broad SMARTS) is 1. The average molecular weight is 1290 g/mol. The lowest BCUT2D eigenvalue weighted by Gasteiger charge is -2.73. The van der Waals surface area contributed by atoms with Crippen LogP contribution >= 0.6 is 0 Å². The first-order valence-electron chi connectivity index (χ1n) is 31.3. The van der Waals surface area contributed by atoms with Gasteiger partial charge in [0.1, 0.15) is 98.2 Å². The lowest BCUT2D eigenvalue weighted by atomic mass is 9.32. The van der Waals surface area contributed by atoms with Crippen LogP contribution in [0.5, 0.6) is 0 Å². The number of esters is 3. The van der Waals surface area contributed by atoms with Gasteiger partial charge < -0.3 is 124 Å². The van der Waals surface area contributed by atoms with E-state index in [1.807, 2.05) is 34.6 Å². The zero-order valence-corrected chi connectivity index (χ0v) is 52.8. The van der Waals surface area contributed by atoms with Gasteiger partial charge in [0.2, 0.25) is 5.60 Å². The number of rotatable bonds is 17. The minimum absolute atomic E-state index is 0.0278. The topological polar surface area (TPSA) is 453 Å². The van der Waals surface area contributed by atoms with Crippen molar-refractivity contribution in [3.05, 3.63) is 11.6 Å². The van der Waals surface area contributed by atoms with E-state index >= 15 is 0 Å². The maximum absolute atomic E-state index is 14.0. The van der Waals surface area contributed by atoms with E-state index in [0.717, 1.165) is 12.5 Å². The van der Waals surface area contributed by atoms with Crippen LogP contribution in [0.4, 0.5) is 0 Å². The molecule has 0 aromatic heterocycles. The van der Waals surface area contributed by atoms with Crippen LogP contribution in [0, 0.1) is 50.2 Å². The van der Waals surface area contributed by atoms with Crippen LogP contribution in [-0.2, 0) is 71.3 Å². The van der Waals surface area contributed by atoms with Crippen LogP contribution in [0.15, 0.2) is 11.6 Å². The van der Waals surface area contributed by atoms with E-state index in [4.69, 9.17) is 52.1 Å². The zero-order valence-electron chi connectivity index (χ0n) is 52.8. The summed E-state index contributed by atoms with van der Waals surface area (Å²) in [6.45, 7) is 16.2. The predicted molar refractivity (Wildman–Crippen MR) is 301 cm³/mol. The number of aliphatic hydroxyl groups excluding tert-OH is 13. The summed E-state index contributed by atoms with van der Waals surface area (Å²) in [6.07, 6.45) is -37.4. The summed E-state index contributed by atoms with van der Waals surface area (Å²) in [5, 5.41) is 158. The Kier molecular flexibility index (Phi) is 20.3. The first-order valence-corrected chi connectivity index (χ1v) is 31.3. The first kappa shape index (κ1) is 71.1. The van der Waals surface area contributed by atoms with Crippen molar-refractivity contribution in [2.45, 2.75) is 268 Å². The maximum atomic E-state index is 14.0. The second-order valence-corrected chi connectivity index (χ2v) is 28.8. The van der Waals surface area contributed by atoms with Gasteiger partial charge in [-0.15, -0.1) is 0 Å². The van der Waals surface area contributed by atoms with Crippen LogP contribution in [0.1, 0.15) is 121 Å². The van der Waals surface area contributed by atoms with Crippen molar-refractivity contribution in [2.24, 2.45) is 50.2 Å². The molecule has 29 nitrogen and oxygen atoms in total. The van der Waals surface area contributed by atoms with Crippen molar-refractivity contribution in [1.82, 2.24) is 0 Å². The predicted octanol–water partition coefficient (Wildman–Crippen LogP) is -2.45. The highest BCUT2D eigenvalue weighted by molar-refractivity contribution is 5.82. The largest absolute Gasteiger partial charge is 0.479 e. The van der Waals surface area contributed by atoms with Gasteiger partial charge in [0.15, 0.2) is 31.3 Å². The molecule has 14 N–H and O–H groups in total. The first-order chi connectivity index (χ1) is 41.9. The smallest absolute Gasteiger partial charge is 0.350 e. The lowest BCUT2D eigenvalue weighted by Crippen LogP contribution is -2.76. The van der Waals surface area contributed by atoms with Gasteiger partial charge >= 0.3 is 23.9 Å². The van der Waals surface area contributed by atoms with Crippen LogP contribution in [0.25, 0.3) is 0 Å². The number of ether oxygens (including phenoxy) is 11. The van der Waals surface area contributed by atoms with E-state index < -0.39 is 235 Å². The van der Waals surface area contributed by atoms with Crippen LogP contribution in [-0.4, -0.2) is 269 Å². The molecular formula is C61H96O29. The van der Waals surface area contributed by atoms with Gasteiger partial charge in [-0.2, -0.15) is 0 Å². The second-order valence-electron chi connectivity index (χ2n) is 28.8. The number of carboxylic acids is 1. The minimum atomic E-state index is -2.20. The van der Waals surface area contributed by atoms with Gasteiger partial charge in [-0.1, -0.05) is 67.0 Å². The quantitative estimate of drug-likeness (QED) is 0.0311. The minimum Gasteiger partial charge on any atom is -0.479 e. The molecule has 9 aliphatic rings. The molecule has 31 atom stereocenters. The highest BCUT2D eigenvalue weighted by Crippen LogP contribution is 2.76. The van der Waals surface area contributed by atoms with E-state index in [2.05, 4.69) is 19.9 Å².